The molecule has 2 N–H and O–H groups in total. The first-order chi connectivity index (χ1) is 17.7. The summed E-state index contributed by atoms with van der Waals surface area (Å²) in [5.74, 6) is 0.744. The van der Waals surface area contributed by atoms with E-state index in [2.05, 4.69) is 9.88 Å². The van der Waals surface area contributed by atoms with Gasteiger partial charge in [0.15, 0.2) is 0 Å². The number of aliphatic hydroxyl groups is 1. The summed E-state index contributed by atoms with van der Waals surface area (Å²) in [4.78, 5) is 19.9. The molecule has 0 fully saturated rings. The third kappa shape index (κ3) is 5.61. The molecule has 0 unspecified atom stereocenters. The number of fused-ring (bicyclic) bond motifs is 1. The van der Waals surface area contributed by atoms with E-state index in [1.54, 1.807) is 11.0 Å². The Labute approximate surface area is 229 Å². The molecule has 1 aliphatic heterocycles. The fourth-order valence-electron chi connectivity index (χ4n) is 5.01. The third-order valence-electron chi connectivity index (χ3n) is 6.74. The second-order valence-corrected chi connectivity index (χ2v) is 10.3. The molecule has 1 atom stereocenters. The molecule has 8 heteroatoms. The molecule has 1 aromatic heterocycles. The number of amides is 1. The minimum Gasteiger partial charge on any atom is -0.383 e. The van der Waals surface area contributed by atoms with Gasteiger partial charge < -0.3 is 19.9 Å². The van der Waals surface area contributed by atoms with Crippen LogP contribution in [0.4, 0.5) is 15.9 Å². The Morgan fingerprint density at radius 3 is 2.47 bits per heavy atom. The van der Waals surface area contributed by atoms with Gasteiger partial charge in [-0.05, 0) is 50.6 Å². The van der Waals surface area contributed by atoms with Gasteiger partial charge in [0.1, 0.15) is 29.3 Å². The van der Waals surface area contributed by atoms with E-state index in [0.29, 0.717) is 23.6 Å². The first kappa shape index (κ1) is 27.4. The zero-order valence-corrected chi connectivity index (χ0v) is 22.8. The molecular weight excluding hydrogens is 499 g/mol. The summed E-state index contributed by atoms with van der Waals surface area (Å²) in [5, 5.41) is 14.3. The van der Waals surface area contributed by atoms with Gasteiger partial charge >= 0.3 is 0 Å². The number of benzene rings is 3. The predicted octanol–water partition coefficient (Wildman–Crippen LogP) is 5.53. The van der Waals surface area contributed by atoms with Crippen LogP contribution in [0.5, 0.6) is 0 Å². The number of hydrogen-bond donors (Lipinski definition) is 2. The standard InChI is InChI=1S/C30H31FN4O2.H2S/c1-20-12-14-24(15-13-20)32-28-27(22-10-7-11-23(31)17-22)33-26-18-34(19-30(2,3)35(26)28)29(37)25(36)16-21-8-5-4-6-9-21;/h4-15,17,25,32,36H,16,18-19H2,1-3H3;1H2/t25-;/m0./s1. The Morgan fingerprint density at radius 2 is 1.79 bits per heavy atom. The lowest BCUT2D eigenvalue weighted by Gasteiger charge is -2.41. The van der Waals surface area contributed by atoms with Crippen molar-refractivity contribution in [3.05, 3.63) is 102 Å². The molecule has 0 saturated heterocycles. The summed E-state index contributed by atoms with van der Waals surface area (Å²) in [6.07, 6.45) is -0.896. The molecule has 2 heterocycles. The molecule has 0 bridgehead atoms. The van der Waals surface area contributed by atoms with E-state index in [0.717, 1.165) is 22.6 Å². The molecule has 1 aliphatic rings. The van der Waals surface area contributed by atoms with Crippen molar-refractivity contribution in [3.63, 3.8) is 0 Å². The van der Waals surface area contributed by atoms with Crippen molar-refractivity contribution in [2.45, 2.75) is 45.4 Å². The van der Waals surface area contributed by atoms with Gasteiger partial charge in [0.2, 0.25) is 0 Å². The summed E-state index contributed by atoms with van der Waals surface area (Å²) < 4.78 is 16.3. The number of aryl methyl sites for hydroxylation is 1. The van der Waals surface area contributed by atoms with Gasteiger partial charge in [0.05, 0.1) is 12.1 Å². The minimum atomic E-state index is -1.15. The number of nitrogens with zero attached hydrogens (tertiary/aromatic N) is 3. The lowest BCUT2D eigenvalue weighted by Crippen LogP contribution is -2.52. The van der Waals surface area contributed by atoms with Crippen LogP contribution in [-0.4, -0.2) is 38.1 Å². The Hall–Kier alpha value is -3.62. The fraction of sp³-hybridized carbons (Fsp3) is 0.267. The number of aromatic nitrogens is 2. The van der Waals surface area contributed by atoms with Gasteiger partial charge in [-0.25, -0.2) is 9.37 Å². The van der Waals surface area contributed by atoms with E-state index in [1.165, 1.54) is 12.1 Å². The van der Waals surface area contributed by atoms with Gasteiger partial charge in [-0.15, -0.1) is 0 Å². The van der Waals surface area contributed by atoms with Crippen LogP contribution in [0.25, 0.3) is 11.3 Å². The second-order valence-electron chi connectivity index (χ2n) is 10.3. The highest BCUT2D eigenvalue weighted by atomic mass is 32.1. The van der Waals surface area contributed by atoms with Crippen LogP contribution in [0.2, 0.25) is 0 Å². The molecule has 0 saturated carbocycles. The van der Waals surface area contributed by atoms with Crippen molar-refractivity contribution in [1.29, 1.82) is 0 Å². The maximum atomic E-state index is 14.2. The first-order valence-corrected chi connectivity index (χ1v) is 12.4. The van der Waals surface area contributed by atoms with Crippen molar-refractivity contribution in [2.75, 3.05) is 11.9 Å². The largest absolute Gasteiger partial charge is 0.383 e. The number of halogens is 1. The molecule has 6 nitrogen and oxygen atoms in total. The number of imidazole rings is 1. The van der Waals surface area contributed by atoms with Gasteiger partial charge in [0, 0.05) is 24.2 Å². The third-order valence-corrected chi connectivity index (χ3v) is 6.74. The highest BCUT2D eigenvalue weighted by molar-refractivity contribution is 7.59. The van der Waals surface area contributed by atoms with E-state index in [-0.39, 0.29) is 38.2 Å². The lowest BCUT2D eigenvalue weighted by molar-refractivity contribution is -0.143. The monoisotopic (exact) mass is 532 g/mol. The SMILES string of the molecule is Cc1ccc(Nc2c(-c3cccc(F)c3)nc3n2C(C)(C)CN(C(=O)[C@@H](O)Cc2ccccc2)C3)cc1.S. The van der Waals surface area contributed by atoms with Crippen LogP contribution in [0.1, 0.15) is 30.8 Å². The predicted molar refractivity (Wildman–Crippen MR) is 153 cm³/mol. The average Bonchev–Trinajstić information content (AvgIpc) is 3.24. The number of rotatable bonds is 6. The van der Waals surface area contributed by atoms with E-state index < -0.39 is 11.6 Å². The molecule has 38 heavy (non-hydrogen) atoms. The lowest BCUT2D eigenvalue weighted by atomic mass is 9.99. The van der Waals surface area contributed by atoms with E-state index in [9.17, 15) is 14.3 Å². The summed E-state index contributed by atoms with van der Waals surface area (Å²) >= 11 is 0. The van der Waals surface area contributed by atoms with Crippen molar-refractivity contribution < 1.29 is 14.3 Å². The normalized spacial score (nSPS) is 14.8. The maximum absolute atomic E-state index is 14.2. The van der Waals surface area contributed by atoms with Gasteiger partial charge in [0.25, 0.3) is 5.91 Å². The van der Waals surface area contributed by atoms with Crippen LogP contribution in [0.3, 0.4) is 0 Å². The summed E-state index contributed by atoms with van der Waals surface area (Å²) in [6.45, 7) is 6.75. The molecule has 4 aromatic rings. The molecule has 198 valence electrons. The first-order valence-electron chi connectivity index (χ1n) is 12.4. The maximum Gasteiger partial charge on any atom is 0.252 e. The van der Waals surface area contributed by atoms with Gasteiger partial charge in [-0.2, -0.15) is 13.5 Å². The molecule has 5 rings (SSSR count). The smallest absolute Gasteiger partial charge is 0.252 e. The van der Waals surface area contributed by atoms with E-state index in [4.69, 9.17) is 4.98 Å². The number of hydrogen-bond acceptors (Lipinski definition) is 4. The number of anilines is 2. The van der Waals surface area contributed by atoms with Crippen molar-refractivity contribution in [3.8, 4) is 11.3 Å². The minimum absolute atomic E-state index is 0. The van der Waals surface area contributed by atoms with Crippen LogP contribution in [0, 0.1) is 12.7 Å². The molecular formula is C30H33FN4O2S. The number of nitrogens with one attached hydrogen (secondary N) is 1. The molecule has 0 spiro atoms. The average molecular weight is 533 g/mol. The molecule has 3 aromatic carbocycles. The fourth-order valence-corrected chi connectivity index (χ4v) is 5.01. The second kappa shape index (κ2) is 11.0. The molecule has 1 amide bonds. The summed E-state index contributed by atoms with van der Waals surface area (Å²) in [6, 6.07) is 23.9. The topological polar surface area (TPSA) is 70.4 Å². The Kier molecular flexibility index (Phi) is 7.94. The highest BCUT2D eigenvalue weighted by Crippen LogP contribution is 2.39. The highest BCUT2D eigenvalue weighted by Gasteiger charge is 2.39. The van der Waals surface area contributed by atoms with Gasteiger partial charge in [-0.3, -0.25) is 4.79 Å². The quantitative estimate of drug-likeness (QED) is 0.342. The van der Waals surface area contributed by atoms with Crippen LogP contribution < -0.4 is 5.32 Å². The molecule has 0 aliphatic carbocycles. The summed E-state index contributed by atoms with van der Waals surface area (Å²) in [5.41, 5.74) is 3.66. The Balaban J connectivity index is 0.00000336. The van der Waals surface area contributed by atoms with Crippen LogP contribution in [-0.2, 0) is 23.3 Å². The van der Waals surface area contributed by atoms with Crippen molar-refractivity contribution in [2.24, 2.45) is 0 Å². The summed E-state index contributed by atoms with van der Waals surface area (Å²) in [7, 11) is 0. The van der Waals surface area contributed by atoms with Crippen molar-refractivity contribution >= 4 is 30.9 Å². The van der Waals surface area contributed by atoms with Crippen LogP contribution >= 0.6 is 13.5 Å². The van der Waals surface area contributed by atoms with E-state index >= 15 is 0 Å². The Morgan fingerprint density at radius 1 is 1.08 bits per heavy atom. The van der Waals surface area contributed by atoms with Gasteiger partial charge in [-0.1, -0.05) is 60.2 Å². The Bertz CT molecular complexity index is 1420. The zero-order valence-electron chi connectivity index (χ0n) is 21.8. The van der Waals surface area contributed by atoms with Crippen molar-refractivity contribution in [1.82, 2.24) is 14.5 Å². The zero-order chi connectivity index (χ0) is 26.2. The number of carbonyl (C=O) groups excluding carboxylic acids is 1. The number of aliphatic hydroxyl groups excluding tert-OH is 1. The number of carbonyl (C=O) groups is 1. The molecule has 0 radical (unpaired) electrons. The van der Waals surface area contributed by atoms with E-state index in [1.807, 2.05) is 81.4 Å². The van der Waals surface area contributed by atoms with Crippen LogP contribution in [0.15, 0.2) is 78.9 Å².